The van der Waals surface area contributed by atoms with Crippen LogP contribution in [0.25, 0.3) is 0 Å². The van der Waals surface area contributed by atoms with Crippen LogP contribution in [-0.4, -0.2) is 211 Å². The highest BCUT2D eigenvalue weighted by Crippen LogP contribution is 1.88. The number of nitrogens with zero attached hydrogens (tertiary/aromatic N) is 1. The van der Waals surface area contributed by atoms with Gasteiger partial charge in [0.1, 0.15) is 0 Å². The van der Waals surface area contributed by atoms with Crippen LogP contribution < -0.4 is 5.32 Å². The molecule has 0 saturated carbocycles. The maximum atomic E-state index is 5.49. The molecule has 0 atom stereocenters. The summed E-state index contributed by atoms with van der Waals surface area (Å²) in [5.41, 5.74) is 0. The van der Waals surface area contributed by atoms with E-state index < -0.39 is 0 Å². The van der Waals surface area contributed by atoms with Crippen molar-refractivity contribution in [3.8, 4) is 0 Å². The van der Waals surface area contributed by atoms with Gasteiger partial charge in [-0.2, -0.15) is 0 Å². The Labute approximate surface area is 277 Å². The lowest BCUT2D eigenvalue weighted by Gasteiger charge is -2.10. The van der Waals surface area contributed by atoms with E-state index in [0.717, 1.165) is 19.7 Å². The van der Waals surface area contributed by atoms with Crippen LogP contribution in [0.5, 0.6) is 0 Å². The molecule has 0 bridgehead atoms. The van der Waals surface area contributed by atoms with Crippen LogP contribution in [0.1, 0.15) is 0 Å². The molecule has 0 saturated heterocycles. The van der Waals surface area contributed by atoms with E-state index in [4.69, 9.17) is 61.6 Å². The summed E-state index contributed by atoms with van der Waals surface area (Å²) < 4.78 is 70.9. The third kappa shape index (κ3) is 43.4. The van der Waals surface area contributed by atoms with Gasteiger partial charge in [-0.15, -0.1) is 0 Å². The normalized spacial score (nSPS) is 11.7. The van der Waals surface area contributed by atoms with E-state index in [1.165, 1.54) is 0 Å². The average molecular weight is 675 g/mol. The van der Waals surface area contributed by atoms with Gasteiger partial charge in [-0.05, 0) is 21.1 Å². The molecule has 0 aromatic heterocycles. The Morgan fingerprint density at radius 3 is 0.630 bits per heavy atom. The van der Waals surface area contributed by atoms with Crippen molar-refractivity contribution in [2.45, 2.75) is 0 Å². The topological polar surface area (TPSA) is 135 Å². The number of hydrogen-bond donors (Lipinski definition) is 1. The van der Waals surface area contributed by atoms with Crippen molar-refractivity contribution in [1.29, 1.82) is 0 Å². The first-order chi connectivity index (χ1) is 22.8. The van der Waals surface area contributed by atoms with E-state index in [0.29, 0.717) is 165 Å². The van der Waals surface area contributed by atoms with Crippen LogP contribution in [0.4, 0.5) is 0 Å². The summed E-state index contributed by atoms with van der Waals surface area (Å²) >= 11 is 0. The molecule has 0 heterocycles. The fraction of sp³-hybridized carbons (Fsp3) is 1.00. The largest absolute Gasteiger partial charge is 0.378 e. The molecule has 1 N–H and O–H groups in total. The summed E-state index contributed by atoms with van der Waals surface area (Å²) in [6.45, 7) is 16.0. The summed E-state index contributed by atoms with van der Waals surface area (Å²) in [6, 6.07) is 0. The number of likely N-dealkylation sites (N-methyl/N-ethyl adjacent to an activating group) is 2. The fourth-order valence-corrected chi connectivity index (χ4v) is 3.16. The zero-order valence-corrected chi connectivity index (χ0v) is 29.1. The van der Waals surface area contributed by atoms with Crippen molar-refractivity contribution in [1.82, 2.24) is 10.2 Å². The minimum Gasteiger partial charge on any atom is -0.378 e. The van der Waals surface area contributed by atoms with Gasteiger partial charge in [-0.3, -0.25) is 0 Å². The van der Waals surface area contributed by atoms with E-state index in [1.807, 2.05) is 21.1 Å². The quantitative estimate of drug-likeness (QED) is 0.0869. The van der Waals surface area contributed by atoms with Crippen LogP contribution in [-0.2, 0) is 61.6 Å². The highest BCUT2D eigenvalue weighted by molar-refractivity contribution is 4.42. The monoisotopic (exact) mass is 674 g/mol. The van der Waals surface area contributed by atoms with Crippen molar-refractivity contribution in [3.05, 3.63) is 0 Å². The standard InChI is InChI=1S/C31H66N2O13/c1-32-4-6-34-8-10-36-12-14-38-16-18-40-20-22-42-24-26-44-28-30-46-31-29-45-27-25-43-23-21-41-19-17-39-15-13-37-11-9-35-7-5-33(2)3/h32H,4-31H2,1-3H3. The highest BCUT2D eigenvalue weighted by Gasteiger charge is 1.97. The van der Waals surface area contributed by atoms with Gasteiger partial charge in [0.15, 0.2) is 0 Å². The fourth-order valence-electron chi connectivity index (χ4n) is 3.16. The van der Waals surface area contributed by atoms with Crippen molar-refractivity contribution >= 4 is 0 Å². The van der Waals surface area contributed by atoms with Crippen LogP contribution in [0.3, 0.4) is 0 Å². The molecule has 0 aromatic rings. The molecule has 46 heavy (non-hydrogen) atoms. The first-order valence-electron chi connectivity index (χ1n) is 16.6. The van der Waals surface area contributed by atoms with Crippen molar-refractivity contribution in [2.24, 2.45) is 0 Å². The first-order valence-corrected chi connectivity index (χ1v) is 16.6. The third-order valence-electron chi connectivity index (χ3n) is 5.64. The molecule has 0 fully saturated rings. The lowest BCUT2D eigenvalue weighted by Crippen LogP contribution is -2.19. The molecule has 0 aromatic carbocycles. The van der Waals surface area contributed by atoms with Crippen LogP contribution in [0, 0.1) is 0 Å². The van der Waals surface area contributed by atoms with Gasteiger partial charge in [0.05, 0.1) is 172 Å². The highest BCUT2D eigenvalue weighted by atomic mass is 16.6. The SMILES string of the molecule is CNCCOCCOCCOCCOCCOCCOCCOCCOCCOCCOCCOCCOCCOCCN(C)C. The first kappa shape index (κ1) is 45.4. The van der Waals surface area contributed by atoms with Gasteiger partial charge in [-0.1, -0.05) is 0 Å². The number of ether oxygens (including phenoxy) is 13. The van der Waals surface area contributed by atoms with E-state index in [1.54, 1.807) is 0 Å². The predicted molar refractivity (Wildman–Crippen MR) is 173 cm³/mol. The predicted octanol–water partition coefficient (Wildman–Crippen LogP) is -0.0168. The smallest absolute Gasteiger partial charge is 0.0701 e. The second kappa shape index (κ2) is 42.4. The van der Waals surface area contributed by atoms with E-state index in [2.05, 4.69) is 10.2 Å². The molecule has 278 valence electrons. The summed E-state index contributed by atoms with van der Waals surface area (Å²) in [4.78, 5) is 2.08. The summed E-state index contributed by atoms with van der Waals surface area (Å²) in [5, 5.41) is 3.02. The molecule has 15 nitrogen and oxygen atoms in total. The van der Waals surface area contributed by atoms with Gasteiger partial charge in [0, 0.05) is 13.1 Å². The number of hydrogen-bond acceptors (Lipinski definition) is 15. The molecule has 15 heteroatoms. The van der Waals surface area contributed by atoms with Gasteiger partial charge < -0.3 is 71.8 Å². The summed E-state index contributed by atoms with van der Waals surface area (Å²) in [7, 11) is 5.94. The Morgan fingerprint density at radius 1 is 0.283 bits per heavy atom. The van der Waals surface area contributed by atoms with Crippen molar-refractivity contribution in [3.63, 3.8) is 0 Å². The molecule has 0 aliphatic heterocycles. The molecule has 0 spiro atoms. The lowest BCUT2D eigenvalue weighted by atomic mass is 10.6. The minimum absolute atomic E-state index is 0.513. The molecule has 0 aliphatic carbocycles. The van der Waals surface area contributed by atoms with E-state index in [9.17, 15) is 0 Å². The van der Waals surface area contributed by atoms with Gasteiger partial charge in [-0.25, -0.2) is 0 Å². The zero-order chi connectivity index (χ0) is 33.3. The van der Waals surface area contributed by atoms with Crippen LogP contribution >= 0.6 is 0 Å². The van der Waals surface area contributed by atoms with Crippen LogP contribution in [0.15, 0.2) is 0 Å². The van der Waals surface area contributed by atoms with E-state index >= 15 is 0 Å². The van der Waals surface area contributed by atoms with Gasteiger partial charge in [0.2, 0.25) is 0 Å². The summed E-state index contributed by atoms with van der Waals surface area (Å²) in [6.07, 6.45) is 0. The van der Waals surface area contributed by atoms with E-state index in [-0.39, 0.29) is 0 Å². The second-order valence-electron chi connectivity index (χ2n) is 9.87. The molecule has 0 radical (unpaired) electrons. The average Bonchev–Trinajstić information content (AvgIpc) is 3.05. The molecular weight excluding hydrogens is 608 g/mol. The Bertz CT molecular complexity index is 543. The Morgan fingerprint density at radius 2 is 0.457 bits per heavy atom. The Hall–Kier alpha value is -0.600. The Balaban J connectivity index is 3.04. The maximum Gasteiger partial charge on any atom is 0.0701 e. The molecule has 0 unspecified atom stereocenters. The Kier molecular flexibility index (Phi) is 41.9. The van der Waals surface area contributed by atoms with Gasteiger partial charge in [0.25, 0.3) is 0 Å². The third-order valence-corrected chi connectivity index (χ3v) is 5.64. The molecule has 0 aliphatic rings. The maximum absolute atomic E-state index is 5.49. The second-order valence-corrected chi connectivity index (χ2v) is 9.87. The van der Waals surface area contributed by atoms with Crippen molar-refractivity contribution < 1.29 is 61.6 Å². The van der Waals surface area contributed by atoms with Gasteiger partial charge >= 0.3 is 0 Å². The number of nitrogens with one attached hydrogen (secondary N) is 1. The lowest BCUT2D eigenvalue weighted by molar-refractivity contribution is -0.0290. The number of rotatable bonds is 42. The minimum atomic E-state index is 0.513. The zero-order valence-electron chi connectivity index (χ0n) is 29.1. The molecule has 0 amide bonds. The van der Waals surface area contributed by atoms with Crippen LogP contribution in [0.2, 0.25) is 0 Å². The molecular formula is C31H66N2O13. The van der Waals surface area contributed by atoms with Crippen molar-refractivity contribution in [2.75, 3.05) is 206 Å². The summed E-state index contributed by atoms with van der Waals surface area (Å²) in [5.74, 6) is 0. The molecule has 0 rings (SSSR count).